The lowest BCUT2D eigenvalue weighted by atomic mass is 9.91. The summed E-state index contributed by atoms with van der Waals surface area (Å²) in [7, 11) is 1.60. The van der Waals surface area contributed by atoms with Crippen molar-refractivity contribution in [2.45, 2.75) is 52.7 Å². The van der Waals surface area contributed by atoms with Crippen molar-refractivity contribution in [3.05, 3.63) is 23.8 Å². The van der Waals surface area contributed by atoms with E-state index in [1.165, 1.54) is 0 Å². The summed E-state index contributed by atoms with van der Waals surface area (Å²) < 4.78 is 5.23. The predicted molar refractivity (Wildman–Crippen MR) is 96.2 cm³/mol. The molecular weight excluding hydrogens is 304 g/mol. The van der Waals surface area contributed by atoms with Crippen LogP contribution >= 0.6 is 0 Å². The molecule has 2 rings (SSSR count). The topological polar surface area (TPSA) is 61.8 Å². The molecule has 1 fully saturated rings. The van der Waals surface area contributed by atoms with Gasteiger partial charge in [-0.05, 0) is 36.5 Å². The fourth-order valence-corrected chi connectivity index (χ4v) is 3.07. The minimum absolute atomic E-state index is 0.0377. The molecule has 1 aliphatic heterocycles. The number of piperidine rings is 1. The van der Waals surface area contributed by atoms with E-state index in [1.54, 1.807) is 7.11 Å². The molecule has 24 heavy (non-hydrogen) atoms. The summed E-state index contributed by atoms with van der Waals surface area (Å²) in [6.07, 6.45) is 2.48. The van der Waals surface area contributed by atoms with E-state index < -0.39 is 0 Å². The van der Waals surface area contributed by atoms with Crippen LogP contribution in [0.2, 0.25) is 0 Å². The molecule has 2 N–H and O–H groups in total. The van der Waals surface area contributed by atoms with E-state index >= 15 is 0 Å². The number of anilines is 1. The molecule has 1 saturated heterocycles. The van der Waals surface area contributed by atoms with Crippen LogP contribution in [-0.4, -0.2) is 42.2 Å². The Balaban J connectivity index is 1.88. The van der Waals surface area contributed by atoms with Gasteiger partial charge < -0.3 is 20.1 Å². The predicted octanol–water partition coefficient (Wildman–Crippen LogP) is 3.03. The summed E-state index contributed by atoms with van der Waals surface area (Å²) in [5.74, 6) is 0.957. The zero-order chi connectivity index (χ0) is 17.7. The first kappa shape index (κ1) is 18.6. The molecule has 5 heteroatoms. The Hall–Kier alpha value is -1.75. The average Bonchev–Trinajstić information content (AvgIpc) is 2.53. The number of carbonyl (C=O) groups excluding carboxylic acids is 1. The zero-order valence-corrected chi connectivity index (χ0v) is 15.3. The second-order valence-corrected chi connectivity index (χ2v) is 7.72. The van der Waals surface area contributed by atoms with Gasteiger partial charge in [0.2, 0.25) is 5.91 Å². The second-order valence-electron chi connectivity index (χ2n) is 7.72. The minimum Gasteiger partial charge on any atom is -0.496 e. The van der Waals surface area contributed by atoms with Crippen molar-refractivity contribution in [3.63, 3.8) is 0 Å². The van der Waals surface area contributed by atoms with Gasteiger partial charge in [0.15, 0.2) is 0 Å². The number of aliphatic hydroxyl groups excluding tert-OH is 1. The number of hydrogen-bond donors (Lipinski definition) is 2. The fourth-order valence-electron chi connectivity index (χ4n) is 3.07. The average molecular weight is 334 g/mol. The number of likely N-dealkylation sites (tertiary alicyclic amines) is 1. The summed E-state index contributed by atoms with van der Waals surface area (Å²) in [6.45, 7) is 7.86. The minimum atomic E-state index is -0.0432. The SMILES string of the molecule is COc1ccc(NC2CCN(C(=O)CC(C)(C)C)CC2)cc1CO. The first-order valence-corrected chi connectivity index (χ1v) is 8.64. The quantitative estimate of drug-likeness (QED) is 0.869. The molecule has 0 unspecified atom stereocenters. The van der Waals surface area contributed by atoms with Crippen LogP contribution in [-0.2, 0) is 11.4 Å². The van der Waals surface area contributed by atoms with Gasteiger partial charge >= 0.3 is 0 Å². The van der Waals surface area contributed by atoms with Crippen LogP contribution in [0.3, 0.4) is 0 Å². The first-order chi connectivity index (χ1) is 11.3. The highest BCUT2D eigenvalue weighted by Crippen LogP contribution is 2.25. The van der Waals surface area contributed by atoms with E-state index in [0.29, 0.717) is 18.2 Å². The Morgan fingerprint density at radius 2 is 2.00 bits per heavy atom. The van der Waals surface area contributed by atoms with Gasteiger partial charge in [0.05, 0.1) is 13.7 Å². The van der Waals surface area contributed by atoms with Crippen LogP contribution in [0, 0.1) is 5.41 Å². The molecule has 0 spiro atoms. The van der Waals surface area contributed by atoms with Gasteiger partial charge in [0, 0.05) is 36.8 Å². The molecule has 0 aliphatic carbocycles. The molecule has 5 nitrogen and oxygen atoms in total. The molecule has 0 bridgehead atoms. The highest BCUT2D eigenvalue weighted by Gasteiger charge is 2.25. The maximum absolute atomic E-state index is 12.3. The van der Waals surface area contributed by atoms with Gasteiger partial charge in [0.1, 0.15) is 5.75 Å². The van der Waals surface area contributed by atoms with Gasteiger partial charge in [-0.2, -0.15) is 0 Å². The van der Waals surface area contributed by atoms with Crippen LogP contribution in [0.5, 0.6) is 5.75 Å². The number of carbonyl (C=O) groups is 1. The van der Waals surface area contributed by atoms with E-state index in [-0.39, 0.29) is 17.9 Å². The summed E-state index contributed by atoms with van der Waals surface area (Å²) in [4.78, 5) is 14.3. The van der Waals surface area contributed by atoms with E-state index in [9.17, 15) is 9.90 Å². The van der Waals surface area contributed by atoms with Crippen LogP contribution in [0.4, 0.5) is 5.69 Å². The molecule has 1 aromatic carbocycles. The smallest absolute Gasteiger partial charge is 0.223 e. The lowest BCUT2D eigenvalue weighted by Gasteiger charge is -2.34. The third-order valence-corrected chi connectivity index (χ3v) is 4.35. The van der Waals surface area contributed by atoms with Crippen LogP contribution in [0.15, 0.2) is 18.2 Å². The second kappa shape index (κ2) is 7.88. The van der Waals surface area contributed by atoms with Crippen molar-refractivity contribution < 1.29 is 14.6 Å². The lowest BCUT2D eigenvalue weighted by molar-refractivity contribution is -0.134. The molecule has 1 heterocycles. The summed E-state index contributed by atoms with van der Waals surface area (Å²) in [5, 5.41) is 12.9. The fraction of sp³-hybridized carbons (Fsp3) is 0.632. The van der Waals surface area contributed by atoms with Crippen LogP contribution in [0.1, 0.15) is 45.6 Å². The number of rotatable bonds is 5. The number of ether oxygens (including phenoxy) is 1. The molecule has 1 aliphatic rings. The normalized spacial score (nSPS) is 16.1. The number of aliphatic hydroxyl groups is 1. The van der Waals surface area contributed by atoms with Gasteiger partial charge in [-0.1, -0.05) is 20.8 Å². The number of hydrogen-bond acceptors (Lipinski definition) is 4. The maximum Gasteiger partial charge on any atom is 0.223 e. The molecule has 1 aromatic rings. The van der Waals surface area contributed by atoms with Crippen molar-refractivity contribution in [1.82, 2.24) is 4.90 Å². The van der Waals surface area contributed by atoms with E-state index in [4.69, 9.17) is 4.74 Å². The molecule has 134 valence electrons. The van der Waals surface area contributed by atoms with E-state index in [2.05, 4.69) is 26.1 Å². The highest BCUT2D eigenvalue weighted by molar-refractivity contribution is 5.77. The number of nitrogens with one attached hydrogen (secondary N) is 1. The standard InChI is InChI=1S/C19H30N2O3/c1-19(2,3)12-18(23)21-9-7-15(8-10-21)20-16-5-6-17(24-4)14(11-16)13-22/h5-6,11,15,20,22H,7-10,12-13H2,1-4H3. The first-order valence-electron chi connectivity index (χ1n) is 8.64. The van der Waals surface area contributed by atoms with Crippen molar-refractivity contribution in [2.75, 3.05) is 25.5 Å². The number of methoxy groups -OCH3 is 1. The lowest BCUT2D eigenvalue weighted by Crippen LogP contribution is -2.43. The number of amides is 1. The molecule has 0 atom stereocenters. The monoisotopic (exact) mass is 334 g/mol. The molecule has 1 amide bonds. The molecule has 0 saturated carbocycles. The largest absolute Gasteiger partial charge is 0.496 e. The van der Waals surface area contributed by atoms with E-state index in [1.807, 2.05) is 23.1 Å². The van der Waals surface area contributed by atoms with E-state index in [0.717, 1.165) is 37.2 Å². The number of benzene rings is 1. The van der Waals surface area contributed by atoms with Gasteiger partial charge in [-0.3, -0.25) is 4.79 Å². The van der Waals surface area contributed by atoms with Gasteiger partial charge in [-0.25, -0.2) is 0 Å². The number of nitrogens with zero attached hydrogens (tertiary/aromatic N) is 1. The Morgan fingerprint density at radius 3 is 2.54 bits per heavy atom. The van der Waals surface area contributed by atoms with Crippen molar-refractivity contribution in [1.29, 1.82) is 0 Å². The molecule has 0 radical (unpaired) electrons. The Bertz CT molecular complexity index is 558. The van der Waals surface area contributed by atoms with Crippen LogP contribution < -0.4 is 10.1 Å². The Labute approximate surface area is 145 Å². The summed E-state index contributed by atoms with van der Waals surface area (Å²) in [5.41, 5.74) is 1.80. The summed E-state index contributed by atoms with van der Waals surface area (Å²) in [6, 6.07) is 6.12. The third-order valence-electron chi connectivity index (χ3n) is 4.35. The molecular formula is C19H30N2O3. The van der Waals surface area contributed by atoms with Gasteiger partial charge in [0.25, 0.3) is 0 Å². The van der Waals surface area contributed by atoms with Crippen molar-refractivity contribution >= 4 is 11.6 Å². The maximum atomic E-state index is 12.3. The van der Waals surface area contributed by atoms with Gasteiger partial charge in [-0.15, -0.1) is 0 Å². The van der Waals surface area contributed by atoms with Crippen molar-refractivity contribution in [2.24, 2.45) is 5.41 Å². The Morgan fingerprint density at radius 1 is 1.33 bits per heavy atom. The highest BCUT2D eigenvalue weighted by atomic mass is 16.5. The zero-order valence-electron chi connectivity index (χ0n) is 15.3. The summed E-state index contributed by atoms with van der Waals surface area (Å²) >= 11 is 0. The van der Waals surface area contributed by atoms with Crippen LogP contribution in [0.25, 0.3) is 0 Å². The third kappa shape index (κ3) is 5.13. The Kier molecular flexibility index (Phi) is 6.10. The van der Waals surface area contributed by atoms with Crippen molar-refractivity contribution in [3.8, 4) is 5.75 Å². The molecule has 0 aromatic heterocycles.